The summed E-state index contributed by atoms with van der Waals surface area (Å²) in [7, 11) is 0. The van der Waals surface area contributed by atoms with Crippen molar-refractivity contribution in [2.45, 2.75) is 50.3 Å². The van der Waals surface area contributed by atoms with E-state index in [1.54, 1.807) is 0 Å². The third kappa shape index (κ3) is 2.39. The van der Waals surface area contributed by atoms with E-state index in [4.69, 9.17) is 4.74 Å². The Morgan fingerprint density at radius 3 is 2.75 bits per heavy atom. The van der Waals surface area contributed by atoms with Gasteiger partial charge in [-0.05, 0) is 25.7 Å². The highest BCUT2D eigenvalue weighted by Gasteiger charge is 2.49. The molecule has 16 heavy (non-hydrogen) atoms. The van der Waals surface area contributed by atoms with Gasteiger partial charge in [0, 0.05) is 12.8 Å². The van der Waals surface area contributed by atoms with Crippen LogP contribution in [0.1, 0.15) is 38.5 Å². The second-order valence-corrected chi connectivity index (χ2v) is 4.83. The fourth-order valence-corrected chi connectivity index (χ4v) is 2.77. The first kappa shape index (κ1) is 11.9. The van der Waals surface area contributed by atoms with Crippen LogP contribution in [0.5, 0.6) is 0 Å². The number of rotatable bonds is 0. The lowest BCUT2D eigenvalue weighted by molar-refractivity contribution is -0.211. The lowest BCUT2D eigenvalue weighted by Gasteiger charge is -2.43. The normalized spacial score (nSPS) is 36.7. The Kier molecular flexibility index (Phi) is 2.99. The van der Waals surface area contributed by atoms with Gasteiger partial charge >= 0.3 is 6.18 Å². The average molecular weight is 236 g/mol. The van der Waals surface area contributed by atoms with Gasteiger partial charge in [0.2, 0.25) is 0 Å². The summed E-state index contributed by atoms with van der Waals surface area (Å²) >= 11 is 0. The molecule has 2 atom stereocenters. The Morgan fingerprint density at radius 1 is 1.38 bits per heavy atom. The van der Waals surface area contributed by atoms with Crippen molar-refractivity contribution in [2.75, 3.05) is 6.61 Å². The summed E-state index contributed by atoms with van der Waals surface area (Å²) in [5.41, 5.74) is -0.812. The number of hydrogen-bond acceptors (Lipinski definition) is 2. The number of halogens is 3. The van der Waals surface area contributed by atoms with E-state index in [0.717, 1.165) is 0 Å². The van der Waals surface area contributed by atoms with Gasteiger partial charge in [-0.25, -0.2) is 0 Å². The Labute approximate surface area is 92.1 Å². The molecule has 1 aliphatic heterocycles. The van der Waals surface area contributed by atoms with E-state index in [0.29, 0.717) is 19.3 Å². The van der Waals surface area contributed by atoms with Gasteiger partial charge in [0.1, 0.15) is 5.78 Å². The molecule has 2 rings (SSSR count). The molecule has 0 aromatic rings. The smallest absolute Gasteiger partial charge is 0.374 e. The molecule has 1 heterocycles. The van der Waals surface area contributed by atoms with Gasteiger partial charge in [0.05, 0.1) is 18.1 Å². The fourth-order valence-electron chi connectivity index (χ4n) is 2.77. The zero-order valence-electron chi connectivity index (χ0n) is 8.98. The van der Waals surface area contributed by atoms with Crippen LogP contribution in [0.25, 0.3) is 0 Å². The summed E-state index contributed by atoms with van der Waals surface area (Å²) in [6, 6.07) is 0. The number of carbonyl (C=O) groups is 1. The van der Waals surface area contributed by atoms with E-state index in [-0.39, 0.29) is 31.7 Å². The molecular weight excluding hydrogens is 221 g/mol. The first-order valence-electron chi connectivity index (χ1n) is 5.64. The average Bonchev–Trinajstić information content (AvgIpc) is 2.16. The Morgan fingerprint density at radius 2 is 2.12 bits per heavy atom. The minimum atomic E-state index is -4.16. The molecule has 0 bridgehead atoms. The van der Waals surface area contributed by atoms with Crippen LogP contribution >= 0.6 is 0 Å². The molecule has 2 unspecified atom stereocenters. The lowest BCUT2D eigenvalue weighted by atomic mass is 9.74. The van der Waals surface area contributed by atoms with Crippen LogP contribution in [0, 0.1) is 5.92 Å². The summed E-state index contributed by atoms with van der Waals surface area (Å²) in [6.45, 7) is 0.281. The number of ketones is 1. The van der Waals surface area contributed by atoms with Gasteiger partial charge in [-0.15, -0.1) is 0 Å². The quantitative estimate of drug-likeness (QED) is 0.646. The van der Waals surface area contributed by atoms with Crippen LogP contribution in [-0.2, 0) is 9.53 Å². The number of carbonyl (C=O) groups excluding carboxylic acids is 1. The van der Waals surface area contributed by atoms with Crippen LogP contribution in [0.4, 0.5) is 13.2 Å². The van der Waals surface area contributed by atoms with Crippen molar-refractivity contribution in [3.8, 4) is 0 Å². The standard InChI is InChI=1S/C11H15F3O2/c12-11(13,14)8-2-1-4-10(6-8)7-9(15)3-5-16-10/h8H,1-7H2. The molecule has 0 N–H and O–H groups in total. The minimum absolute atomic E-state index is 0.0362. The highest BCUT2D eigenvalue weighted by Crippen LogP contribution is 2.45. The van der Waals surface area contributed by atoms with Crippen LogP contribution < -0.4 is 0 Å². The maximum absolute atomic E-state index is 12.6. The molecule has 0 amide bonds. The molecule has 0 aromatic carbocycles. The van der Waals surface area contributed by atoms with E-state index in [9.17, 15) is 18.0 Å². The molecule has 92 valence electrons. The summed E-state index contributed by atoms with van der Waals surface area (Å²) in [6.07, 6.45) is -2.43. The van der Waals surface area contributed by atoms with Gasteiger partial charge in [-0.1, -0.05) is 0 Å². The Hall–Kier alpha value is -0.580. The third-order valence-corrected chi connectivity index (χ3v) is 3.57. The van der Waals surface area contributed by atoms with Gasteiger partial charge in [0.15, 0.2) is 0 Å². The zero-order chi connectivity index (χ0) is 11.8. The van der Waals surface area contributed by atoms with E-state index in [1.807, 2.05) is 0 Å². The van der Waals surface area contributed by atoms with Crippen molar-refractivity contribution in [1.82, 2.24) is 0 Å². The van der Waals surface area contributed by atoms with Crippen LogP contribution in [0.3, 0.4) is 0 Å². The highest BCUT2D eigenvalue weighted by atomic mass is 19.4. The minimum Gasteiger partial charge on any atom is -0.374 e. The van der Waals surface area contributed by atoms with Crippen molar-refractivity contribution >= 4 is 5.78 Å². The monoisotopic (exact) mass is 236 g/mol. The SMILES string of the molecule is O=C1CCOC2(CCCC(C(F)(F)F)C2)C1. The predicted octanol–water partition coefficient (Wildman–Crippen LogP) is 2.86. The van der Waals surface area contributed by atoms with E-state index >= 15 is 0 Å². The van der Waals surface area contributed by atoms with Crippen molar-refractivity contribution in [3.05, 3.63) is 0 Å². The summed E-state index contributed by atoms with van der Waals surface area (Å²) < 4.78 is 43.4. The molecule has 1 aliphatic carbocycles. The van der Waals surface area contributed by atoms with Gasteiger partial charge in [-0.2, -0.15) is 13.2 Å². The lowest BCUT2D eigenvalue weighted by Crippen LogP contribution is -2.46. The molecule has 5 heteroatoms. The van der Waals surface area contributed by atoms with Gasteiger partial charge in [0.25, 0.3) is 0 Å². The first-order chi connectivity index (χ1) is 7.41. The summed E-state index contributed by atoms with van der Waals surface area (Å²) in [5, 5.41) is 0. The molecule has 2 nitrogen and oxygen atoms in total. The van der Waals surface area contributed by atoms with E-state index in [2.05, 4.69) is 0 Å². The molecule has 2 aliphatic rings. The highest BCUT2D eigenvalue weighted by molar-refractivity contribution is 5.80. The molecule has 0 radical (unpaired) electrons. The van der Waals surface area contributed by atoms with Gasteiger partial charge in [-0.3, -0.25) is 4.79 Å². The number of alkyl halides is 3. The van der Waals surface area contributed by atoms with Crippen LogP contribution in [-0.4, -0.2) is 24.2 Å². The Balaban J connectivity index is 2.08. The van der Waals surface area contributed by atoms with Crippen LogP contribution in [0.15, 0.2) is 0 Å². The van der Waals surface area contributed by atoms with E-state index < -0.39 is 17.7 Å². The largest absolute Gasteiger partial charge is 0.391 e. The molecule has 1 saturated carbocycles. The summed E-state index contributed by atoms with van der Waals surface area (Å²) in [5.74, 6) is -1.26. The van der Waals surface area contributed by atoms with E-state index in [1.165, 1.54) is 0 Å². The third-order valence-electron chi connectivity index (χ3n) is 3.57. The van der Waals surface area contributed by atoms with Crippen molar-refractivity contribution in [3.63, 3.8) is 0 Å². The molecule has 1 saturated heterocycles. The maximum atomic E-state index is 12.6. The first-order valence-corrected chi connectivity index (χ1v) is 5.64. The fraction of sp³-hybridized carbons (Fsp3) is 0.909. The summed E-state index contributed by atoms with van der Waals surface area (Å²) in [4.78, 5) is 11.3. The van der Waals surface area contributed by atoms with Crippen molar-refractivity contribution < 1.29 is 22.7 Å². The molecule has 1 spiro atoms. The van der Waals surface area contributed by atoms with Crippen LogP contribution in [0.2, 0.25) is 0 Å². The van der Waals surface area contributed by atoms with Crippen molar-refractivity contribution in [2.24, 2.45) is 5.92 Å². The van der Waals surface area contributed by atoms with Crippen molar-refractivity contribution in [1.29, 1.82) is 0 Å². The molecule has 2 fully saturated rings. The topological polar surface area (TPSA) is 26.3 Å². The Bertz CT molecular complexity index is 283. The molecule has 0 aromatic heterocycles. The number of hydrogen-bond donors (Lipinski definition) is 0. The zero-order valence-corrected chi connectivity index (χ0v) is 8.98. The number of ether oxygens (including phenoxy) is 1. The second-order valence-electron chi connectivity index (χ2n) is 4.83. The van der Waals surface area contributed by atoms with Gasteiger partial charge < -0.3 is 4.74 Å². The molecular formula is C11H15F3O2. The second kappa shape index (κ2) is 4.02. The number of Topliss-reactive ketones (excluding diaryl/α,β-unsaturated/α-hetero) is 1. The maximum Gasteiger partial charge on any atom is 0.391 e. The predicted molar refractivity (Wildman–Crippen MR) is 50.9 cm³/mol.